The normalized spacial score (nSPS) is 12.7. The molecule has 0 aliphatic rings. The number of aromatic nitrogens is 2. The lowest BCUT2D eigenvalue weighted by Gasteiger charge is -2.21. The molecule has 0 saturated heterocycles. The van der Waals surface area contributed by atoms with Crippen molar-refractivity contribution in [3.63, 3.8) is 0 Å². The zero-order valence-electron chi connectivity index (χ0n) is 14.9. The summed E-state index contributed by atoms with van der Waals surface area (Å²) in [5, 5.41) is 20.1. The van der Waals surface area contributed by atoms with Crippen LogP contribution in [0.5, 0.6) is 0 Å². The lowest BCUT2D eigenvalue weighted by Crippen LogP contribution is -2.26. The molecule has 1 unspecified atom stereocenters. The van der Waals surface area contributed by atoms with E-state index in [9.17, 15) is 18.7 Å². The van der Waals surface area contributed by atoms with Crippen LogP contribution in [-0.4, -0.2) is 27.4 Å². The van der Waals surface area contributed by atoms with Gasteiger partial charge >= 0.3 is 0 Å². The maximum Gasteiger partial charge on any atom is 0.270 e. The van der Waals surface area contributed by atoms with Crippen molar-refractivity contribution < 1.29 is 13.9 Å². The Bertz CT molecular complexity index is 842. The largest absolute Gasteiger partial charge is 0.390 e. The van der Waals surface area contributed by atoms with Crippen LogP contribution in [0.2, 0.25) is 0 Å². The van der Waals surface area contributed by atoms with Gasteiger partial charge in [0.2, 0.25) is 0 Å². The molecular formula is C18H22F2N4O2. The van der Waals surface area contributed by atoms with Crippen molar-refractivity contribution in [1.82, 2.24) is 9.97 Å². The quantitative estimate of drug-likeness (QED) is 0.567. The van der Waals surface area contributed by atoms with Gasteiger partial charge < -0.3 is 20.8 Å². The Balaban J connectivity index is 2.39. The first-order valence-corrected chi connectivity index (χ1v) is 8.21. The Kier molecular flexibility index (Phi) is 5.86. The van der Waals surface area contributed by atoms with E-state index in [2.05, 4.69) is 15.3 Å². The fraction of sp³-hybridized carbons (Fsp3) is 0.389. The lowest BCUT2D eigenvalue weighted by atomic mass is 10.0. The summed E-state index contributed by atoms with van der Waals surface area (Å²) in [6, 6.07) is 5.64. The lowest BCUT2D eigenvalue weighted by molar-refractivity contribution is 0.0174. The van der Waals surface area contributed by atoms with Crippen LogP contribution in [-0.2, 0) is 5.92 Å². The van der Waals surface area contributed by atoms with Crippen LogP contribution in [0.4, 0.5) is 14.6 Å². The molecule has 1 atom stereocenters. The smallest absolute Gasteiger partial charge is 0.270 e. The number of aliphatic hydroxyl groups is 1. The van der Waals surface area contributed by atoms with Crippen molar-refractivity contribution in [2.75, 3.05) is 11.9 Å². The summed E-state index contributed by atoms with van der Waals surface area (Å²) >= 11 is 0. The van der Waals surface area contributed by atoms with Gasteiger partial charge in [0.25, 0.3) is 11.5 Å². The van der Waals surface area contributed by atoms with Crippen LogP contribution in [0.15, 0.2) is 29.1 Å². The Morgan fingerprint density at radius 1 is 1.38 bits per heavy atom. The second kappa shape index (κ2) is 7.74. The van der Waals surface area contributed by atoms with E-state index in [1.807, 2.05) is 6.92 Å². The number of H-pyrrole nitrogens is 1. The first kappa shape index (κ1) is 19.7. The van der Waals surface area contributed by atoms with Crippen molar-refractivity contribution in [2.45, 2.75) is 39.2 Å². The number of rotatable bonds is 7. The first-order chi connectivity index (χ1) is 12.2. The number of halogens is 2. The molecule has 1 heterocycles. The van der Waals surface area contributed by atoms with E-state index in [4.69, 9.17) is 5.41 Å². The number of nitrogens with zero attached hydrogens (tertiary/aromatic N) is 1. The number of benzene rings is 1. The molecule has 6 nitrogen and oxygen atoms in total. The van der Waals surface area contributed by atoms with Gasteiger partial charge in [-0.25, -0.2) is 13.8 Å². The highest BCUT2D eigenvalue weighted by Gasteiger charge is 2.24. The van der Waals surface area contributed by atoms with Gasteiger partial charge in [-0.2, -0.15) is 0 Å². The minimum Gasteiger partial charge on any atom is -0.390 e. The number of aliphatic hydroxyl groups excluding tert-OH is 1. The molecule has 26 heavy (non-hydrogen) atoms. The fourth-order valence-corrected chi connectivity index (χ4v) is 2.64. The van der Waals surface area contributed by atoms with Crippen molar-refractivity contribution in [3.8, 4) is 0 Å². The molecule has 0 amide bonds. The molecule has 1 aromatic heterocycles. The summed E-state index contributed by atoms with van der Waals surface area (Å²) in [6.07, 6.45) is 0.599. The van der Waals surface area contributed by atoms with E-state index >= 15 is 0 Å². The van der Waals surface area contributed by atoms with Crippen LogP contribution in [0, 0.1) is 12.3 Å². The number of nitrogens with one attached hydrogen (secondary N) is 3. The molecule has 0 saturated carbocycles. The topological polar surface area (TPSA) is 102 Å². The highest BCUT2D eigenvalue weighted by atomic mass is 19.3. The molecule has 0 radical (unpaired) electrons. The maximum atomic E-state index is 13.4. The zero-order chi connectivity index (χ0) is 19.5. The van der Waals surface area contributed by atoms with Crippen LogP contribution in [0.3, 0.4) is 0 Å². The van der Waals surface area contributed by atoms with E-state index in [0.29, 0.717) is 12.2 Å². The Morgan fingerprint density at radius 2 is 2.00 bits per heavy atom. The number of aryl methyl sites for hydroxylation is 1. The van der Waals surface area contributed by atoms with Gasteiger partial charge in [0, 0.05) is 12.5 Å². The third-order valence-corrected chi connectivity index (χ3v) is 4.04. The molecule has 0 aliphatic heterocycles. The predicted octanol–water partition coefficient (Wildman–Crippen LogP) is 3.11. The predicted molar refractivity (Wildman–Crippen MR) is 96.2 cm³/mol. The highest BCUT2D eigenvalue weighted by Crippen LogP contribution is 2.29. The number of alkyl halides is 2. The zero-order valence-corrected chi connectivity index (χ0v) is 14.9. The molecule has 140 valence electrons. The average Bonchev–Trinajstić information content (AvgIpc) is 2.58. The highest BCUT2D eigenvalue weighted by molar-refractivity contribution is 6.02. The van der Waals surface area contributed by atoms with E-state index in [1.54, 1.807) is 19.1 Å². The van der Waals surface area contributed by atoms with Gasteiger partial charge in [-0.3, -0.25) is 4.79 Å². The molecule has 8 heteroatoms. The maximum absolute atomic E-state index is 13.4. The third kappa shape index (κ3) is 4.32. The number of anilines is 1. The van der Waals surface area contributed by atoms with Crippen LogP contribution < -0.4 is 10.9 Å². The van der Waals surface area contributed by atoms with Gasteiger partial charge in [-0.1, -0.05) is 31.2 Å². The standard InChI is InChI=1S/C18H22F2N4O2/c1-4-14(11-5-7-12(8-6-11)18(3,19)20)24-16-15(13(21)9-25)17(26)23-10(2)22-16/h5-8,14,21,25H,4,9H2,1-3H3,(H2,22,23,24,26). The van der Waals surface area contributed by atoms with Gasteiger partial charge in [0.05, 0.1) is 18.4 Å². The average molecular weight is 364 g/mol. The number of hydrogen-bond acceptors (Lipinski definition) is 5. The van der Waals surface area contributed by atoms with Crippen LogP contribution in [0.1, 0.15) is 48.8 Å². The van der Waals surface area contributed by atoms with Crippen molar-refractivity contribution in [3.05, 3.63) is 57.1 Å². The third-order valence-electron chi connectivity index (χ3n) is 4.04. The van der Waals surface area contributed by atoms with Gasteiger partial charge in [-0.15, -0.1) is 0 Å². The summed E-state index contributed by atoms with van der Waals surface area (Å²) in [6.45, 7) is 3.75. The summed E-state index contributed by atoms with van der Waals surface area (Å²) in [7, 11) is 0. The Morgan fingerprint density at radius 3 is 2.50 bits per heavy atom. The van der Waals surface area contributed by atoms with Gasteiger partial charge in [0.15, 0.2) is 0 Å². The Hall–Kier alpha value is -2.61. The van der Waals surface area contributed by atoms with E-state index < -0.39 is 18.1 Å². The first-order valence-electron chi connectivity index (χ1n) is 8.21. The minimum atomic E-state index is -2.91. The van der Waals surface area contributed by atoms with Crippen molar-refractivity contribution >= 4 is 11.5 Å². The molecule has 2 rings (SSSR count). The van der Waals surface area contributed by atoms with Gasteiger partial charge in [0.1, 0.15) is 17.2 Å². The molecule has 1 aromatic carbocycles. The van der Waals surface area contributed by atoms with Gasteiger partial charge in [-0.05, 0) is 18.9 Å². The number of aromatic amines is 1. The van der Waals surface area contributed by atoms with E-state index in [1.165, 1.54) is 12.1 Å². The summed E-state index contributed by atoms with van der Waals surface area (Å²) in [4.78, 5) is 18.9. The SMILES string of the molecule is CCC(Nc1nc(C)[nH]c(=O)c1C(=N)CO)c1ccc(C(C)(F)F)cc1. The molecule has 4 N–H and O–H groups in total. The Labute approximate surface area is 149 Å². The van der Waals surface area contributed by atoms with E-state index in [0.717, 1.165) is 12.5 Å². The fourth-order valence-electron chi connectivity index (χ4n) is 2.64. The minimum absolute atomic E-state index is 0.0340. The molecular weight excluding hydrogens is 342 g/mol. The second-order valence-corrected chi connectivity index (χ2v) is 6.13. The van der Waals surface area contributed by atoms with Crippen LogP contribution >= 0.6 is 0 Å². The molecule has 0 fully saturated rings. The molecule has 0 aliphatic carbocycles. The second-order valence-electron chi connectivity index (χ2n) is 6.13. The molecule has 0 spiro atoms. The molecule has 2 aromatic rings. The van der Waals surface area contributed by atoms with Crippen molar-refractivity contribution in [1.29, 1.82) is 5.41 Å². The monoisotopic (exact) mass is 364 g/mol. The summed E-state index contributed by atoms with van der Waals surface area (Å²) in [5.41, 5.74) is -0.133. The summed E-state index contributed by atoms with van der Waals surface area (Å²) in [5.74, 6) is -2.37. The van der Waals surface area contributed by atoms with E-state index in [-0.39, 0.29) is 28.7 Å². The van der Waals surface area contributed by atoms with Crippen LogP contribution in [0.25, 0.3) is 0 Å². The van der Waals surface area contributed by atoms with Crippen molar-refractivity contribution in [2.24, 2.45) is 0 Å². The number of hydrogen-bond donors (Lipinski definition) is 4. The summed E-state index contributed by atoms with van der Waals surface area (Å²) < 4.78 is 26.7. The molecule has 0 bridgehead atoms.